The van der Waals surface area contributed by atoms with Crippen LogP contribution < -0.4 is 5.06 Å². The third-order valence-corrected chi connectivity index (χ3v) is 11.3. The molecule has 4 aliphatic carbocycles. The van der Waals surface area contributed by atoms with Crippen LogP contribution in [0.2, 0.25) is 0 Å². The molecule has 1 aliphatic heterocycles. The lowest BCUT2D eigenvalue weighted by molar-refractivity contribution is -0.953. The molecule has 1 heterocycles. The first-order chi connectivity index (χ1) is 14.9. The molecule has 182 valence electrons. The van der Waals surface area contributed by atoms with Gasteiger partial charge in [-0.05, 0) is 106 Å². The van der Waals surface area contributed by atoms with Crippen LogP contribution in [0.4, 0.5) is 0 Å². The van der Waals surface area contributed by atoms with Crippen LogP contribution in [-0.4, -0.2) is 29.1 Å². The van der Waals surface area contributed by atoms with E-state index >= 15 is 0 Å². The maximum Gasteiger partial charge on any atom is 0.294 e. The molecule has 1 N–H and O–H groups in total. The van der Waals surface area contributed by atoms with Crippen molar-refractivity contribution in [3.63, 3.8) is 0 Å². The van der Waals surface area contributed by atoms with Crippen molar-refractivity contribution in [1.82, 2.24) is 0 Å². The minimum absolute atomic E-state index is 0.168. The van der Waals surface area contributed by atoms with Crippen molar-refractivity contribution < 1.29 is 19.7 Å². The summed E-state index contributed by atoms with van der Waals surface area (Å²) < 4.78 is 6.33. The van der Waals surface area contributed by atoms with Gasteiger partial charge in [-0.25, -0.2) is 0 Å². The number of hydrogen-bond acceptors (Lipinski definition) is 5. The fourth-order valence-corrected chi connectivity index (χ4v) is 9.73. The van der Waals surface area contributed by atoms with Gasteiger partial charge in [0.1, 0.15) is 18.2 Å². The van der Waals surface area contributed by atoms with Crippen molar-refractivity contribution in [2.45, 2.75) is 110 Å². The summed E-state index contributed by atoms with van der Waals surface area (Å²) in [4.78, 5) is 15.9. The smallest absolute Gasteiger partial charge is 0.294 e. The highest BCUT2D eigenvalue weighted by molar-refractivity contribution is 5.11. The third-order valence-electron chi connectivity index (χ3n) is 11.3. The van der Waals surface area contributed by atoms with Gasteiger partial charge in [-0.1, -0.05) is 13.8 Å². The number of nitrogens with one attached hydrogen (secondary N) is 1. The van der Waals surface area contributed by atoms with Crippen LogP contribution in [0, 0.1) is 55.7 Å². The zero-order valence-electron chi connectivity index (χ0n) is 20.5. The molecule has 1 saturated heterocycles. The molecule has 32 heavy (non-hydrogen) atoms. The molecule has 5 aliphatic rings. The van der Waals surface area contributed by atoms with Crippen molar-refractivity contribution in [3.05, 3.63) is 15.3 Å². The summed E-state index contributed by atoms with van der Waals surface area (Å²) in [6, 6.07) is 0. The van der Waals surface area contributed by atoms with E-state index in [1.807, 2.05) is 13.8 Å². The zero-order valence-corrected chi connectivity index (χ0v) is 20.5. The van der Waals surface area contributed by atoms with E-state index in [4.69, 9.17) is 9.57 Å². The van der Waals surface area contributed by atoms with Crippen molar-refractivity contribution >= 4 is 0 Å². The van der Waals surface area contributed by atoms with Gasteiger partial charge in [-0.3, -0.25) is 0 Å². The topological polar surface area (TPSA) is 89.1 Å². The van der Waals surface area contributed by atoms with Crippen LogP contribution >= 0.6 is 0 Å². The molecule has 0 aromatic carbocycles. The fraction of sp³-hybridized carbons (Fsp3) is 1.00. The summed E-state index contributed by atoms with van der Waals surface area (Å²) in [5.41, 5.74) is -0.583. The van der Waals surface area contributed by atoms with E-state index in [0.717, 1.165) is 32.1 Å². The van der Waals surface area contributed by atoms with Gasteiger partial charge in [0.05, 0.1) is 0 Å². The van der Waals surface area contributed by atoms with Crippen LogP contribution in [0.25, 0.3) is 0 Å². The maximum atomic E-state index is 13.4. The Morgan fingerprint density at radius 1 is 0.938 bits per heavy atom. The lowest BCUT2D eigenvalue weighted by atomic mass is 9.44. The van der Waals surface area contributed by atoms with Crippen LogP contribution in [0.3, 0.4) is 0 Å². The van der Waals surface area contributed by atoms with E-state index < -0.39 is 10.8 Å². The number of quaternary nitrogens is 1. The summed E-state index contributed by atoms with van der Waals surface area (Å²) in [6.07, 6.45) is 9.54. The second-order valence-electron chi connectivity index (χ2n) is 13.2. The summed E-state index contributed by atoms with van der Waals surface area (Å²) in [7, 11) is 0. The van der Waals surface area contributed by atoms with E-state index in [1.165, 1.54) is 25.7 Å². The van der Waals surface area contributed by atoms with E-state index in [9.17, 15) is 15.3 Å². The maximum absolute atomic E-state index is 13.4. The Balaban J connectivity index is 1.36. The number of hydrogen-bond donors (Lipinski definition) is 1. The van der Waals surface area contributed by atoms with Gasteiger partial charge < -0.3 is 19.8 Å². The Hall–Kier alpha value is -0.920. The van der Waals surface area contributed by atoms with Gasteiger partial charge in [-0.15, -0.1) is 10.1 Å². The molecular formula is C25H42N2O5. The largest absolute Gasteiger partial charge is 0.632 e. The molecule has 6 unspecified atom stereocenters. The average molecular weight is 451 g/mol. The molecule has 7 nitrogen and oxygen atoms in total. The highest BCUT2D eigenvalue weighted by atomic mass is 17.0. The molecule has 0 radical (unpaired) electrons. The number of ether oxygens (including phenoxy) is 1. The molecule has 0 bridgehead atoms. The van der Waals surface area contributed by atoms with Crippen LogP contribution in [-0.2, 0) is 9.57 Å². The molecule has 7 heteroatoms. The van der Waals surface area contributed by atoms with Crippen molar-refractivity contribution in [1.29, 1.82) is 0 Å². The number of nitrogens with zero attached hydrogens (tertiary/aromatic N) is 1. The van der Waals surface area contributed by atoms with E-state index in [2.05, 4.69) is 20.8 Å². The van der Waals surface area contributed by atoms with Crippen LogP contribution in [0.1, 0.15) is 92.4 Å². The summed E-state index contributed by atoms with van der Waals surface area (Å²) in [5.74, 6) is 2.90. The average Bonchev–Trinajstić information content (AvgIpc) is 3.18. The molecular weight excluding hydrogens is 408 g/mol. The number of fused-ring (bicyclic) bond motifs is 5. The Morgan fingerprint density at radius 3 is 2.28 bits per heavy atom. The second-order valence-corrected chi connectivity index (χ2v) is 13.2. The van der Waals surface area contributed by atoms with E-state index in [1.54, 1.807) is 0 Å². The molecule has 10 atom stereocenters. The minimum Gasteiger partial charge on any atom is -0.632 e. The lowest BCUT2D eigenvalue weighted by Crippen LogP contribution is -3.21. The molecule has 5 fully saturated rings. The Kier molecular flexibility index (Phi) is 5.20. The zero-order chi connectivity index (χ0) is 23.1. The van der Waals surface area contributed by atoms with Gasteiger partial charge in [-0.2, -0.15) is 0 Å². The van der Waals surface area contributed by atoms with Gasteiger partial charge in [0.25, 0.3) is 5.09 Å². The molecule has 0 aromatic rings. The fourth-order valence-electron chi connectivity index (χ4n) is 9.73. The number of hydroxylamine groups is 2. The molecule has 0 aromatic heterocycles. The van der Waals surface area contributed by atoms with Crippen LogP contribution in [0.15, 0.2) is 0 Å². The van der Waals surface area contributed by atoms with Crippen molar-refractivity contribution in [2.75, 3.05) is 6.61 Å². The van der Waals surface area contributed by atoms with Gasteiger partial charge in [0.15, 0.2) is 0 Å². The predicted molar refractivity (Wildman–Crippen MR) is 120 cm³/mol. The predicted octanol–water partition coefficient (Wildman–Crippen LogP) is 4.13. The highest BCUT2D eigenvalue weighted by Crippen LogP contribution is 2.68. The van der Waals surface area contributed by atoms with Crippen molar-refractivity contribution in [2.24, 2.45) is 40.4 Å². The first-order valence-electron chi connectivity index (χ1n) is 12.9. The van der Waals surface area contributed by atoms with Gasteiger partial charge >= 0.3 is 0 Å². The highest BCUT2D eigenvalue weighted by Gasteiger charge is 2.66. The standard InChI is InChI=1S/C25H42N2O5/c1-22(2)15-31-25(5,26(22)28)21-9-8-19-18-7-6-16-14-17(32-27(29)30)10-12-23(16,3)20(18)11-13-24(19,21)4/h16-21,26H,6-15H2,1-5H3/t16?,17-,18?,19?,20?,21-,23-,24-,25?/m0/s1. The Labute approximate surface area is 192 Å². The van der Waals surface area contributed by atoms with E-state index in [0.29, 0.717) is 41.3 Å². The van der Waals surface area contributed by atoms with Crippen molar-refractivity contribution in [3.8, 4) is 0 Å². The minimum atomic E-state index is -0.640. The summed E-state index contributed by atoms with van der Waals surface area (Å²) in [5, 5.41) is 24.0. The summed E-state index contributed by atoms with van der Waals surface area (Å²) in [6.45, 7) is 11.6. The normalized spacial score (nSPS) is 54.4. The molecule has 0 spiro atoms. The Bertz CT molecular complexity index is 775. The Morgan fingerprint density at radius 2 is 1.62 bits per heavy atom. The van der Waals surface area contributed by atoms with E-state index in [-0.39, 0.29) is 22.5 Å². The molecule has 0 amide bonds. The van der Waals surface area contributed by atoms with Gasteiger partial charge in [0.2, 0.25) is 5.72 Å². The lowest BCUT2D eigenvalue weighted by Gasteiger charge is -2.61. The molecule has 5 rings (SSSR count). The number of rotatable bonds is 3. The second kappa shape index (κ2) is 7.29. The monoisotopic (exact) mass is 450 g/mol. The third kappa shape index (κ3) is 3.09. The molecule has 4 saturated carbocycles. The van der Waals surface area contributed by atoms with Crippen LogP contribution in [0.5, 0.6) is 0 Å². The van der Waals surface area contributed by atoms with Gasteiger partial charge in [0, 0.05) is 12.8 Å². The summed E-state index contributed by atoms with van der Waals surface area (Å²) >= 11 is 0. The SMILES string of the molecule is CC1(C)COC(C)([C@H]2CCC3C4CCC5C[C@@H](O[N+](=O)[O-])CC[C@]5(C)C4CC[C@@]32C)[NH+]1[O-]. The first kappa shape index (κ1) is 22.9. The quantitative estimate of drug-likeness (QED) is 0.397. The first-order valence-corrected chi connectivity index (χ1v) is 12.9.